The van der Waals surface area contributed by atoms with E-state index in [0.29, 0.717) is 5.56 Å². The Bertz CT molecular complexity index is 585. The summed E-state index contributed by atoms with van der Waals surface area (Å²) >= 11 is 1.67. The van der Waals surface area contributed by atoms with Crippen molar-refractivity contribution in [1.82, 2.24) is 0 Å². The molecule has 0 aliphatic heterocycles. The van der Waals surface area contributed by atoms with E-state index in [9.17, 15) is 5.11 Å². The number of aliphatic hydroxyl groups is 1. The molecular formula is C15H16N2OS. The lowest BCUT2D eigenvalue weighted by atomic mass is 10.0. The molecule has 19 heavy (non-hydrogen) atoms. The maximum Gasteiger partial charge on any atom is 0.0992 e. The van der Waals surface area contributed by atoms with Crippen LogP contribution in [-0.2, 0) is 6.54 Å². The smallest absolute Gasteiger partial charge is 0.0992 e. The highest BCUT2D eigenvalue weighted by Crippen LogP contribution is 2.28. The van der Waals surface area contributed by atoms with Gasteiger partial charge >= 0.3 is 0 Å². The van der Waals surface area contributed by atoms with Crippen molar-refractivity contribution in [1.29, 1.82) is 5.26 Å². The first-order chi connectivity index (χ1) is 9.11. The highest BCUT2D eigenvalue weighted by atomic mass is 32.1. The molecule has 0 spiro atoms. The lowest BCUT2D eigenvalue weighted by Gasteiger charge is -2.23. The molecule has 0 aliphatic carbocycles. The molecule has 0 aliphatic rings. The van der Waals surface area contributed by atoms with E-state index in [2.05, 4.69) is 22.4 Å². The van der Waals surface area contributed by atoms with E-state index in [1.54, 1.807) is 24.3 Å². The zero-order chi connectivity index (χ0) is 13.8. The van der Waals surface area contributed by atoms with Gasteiger partial charge in [0.05, 0.1) is 17.7 Å². The number of hydrogen-bond donors (Lipinski definition) is 1. The summed E-state index contributed by atoms with van der Waals surface area (Å²) in [7, 11) is 1.97. The summed E-state index contributed by atoms with van der Waals surface area (Å²) < 4.78 is 0. The fraction of sp³-hybridized carbons (Fsp3) is 0.267. The number of rotatable bonds is 4. The first kappa shape index (κ1) is 13.6. The lowest BCUT2D eigenvalue weighted by Crippen LogP contribution is -2.18. The highest BCUT2D eigenvalue weighted by Gasteiger charge is 2.13. The van der Waals surface area contributed by atoms with Crippen LogP contribution in [0, 0.1) is 11.3 Å². The predicted molar refractivity (Wildman–Crippen MR) is 78.2 cm³/mol. The molecule has 2 rings (SSSR count). The molecule has 3 nitrogen and oxygen atoms in total. The molecule has 4 heteroatoms. The van der Waals surface area contributed by atoms with Crippen LogP contribution in [-0.4, -0.2) is 12.2 Å². The van der Waals surface area contributed by atoms with Gasteiger partial charge in [-0.25, -0.2) is 0 Å². The summed E-state index contributed by atoms with van der Waals surface area (Å²) in [5.74, 6) is 0. The van der Waals surface area contributed by atoms with Crippen LogP contribution in [0.2, 0.25) is 0 Å². The van der Waals surface area contributed by atoms with E-state index < -0.39 is 6.10 Å². The number of nitriles is 1. The van der Waals surface area contributed by atoms with Crippen molar-refractivity contribution in [3.63, 3.8) is 0 Å². The fourth-order valence-electron chi connectivity index (χ4n) is 2.04. The number of nitrogens with zero attached hydrogens (tertiary/aromatic N) is 2. The molecule has 0 saturated carbocycles. The first-order valence-corrected chi connectivity index (χ1v) is 7.00. The van der Waals surface area contributed by atoms with Crippen LogP contribution in [0.25, 0.3) is 0 Å². The van der Waals surface area contributed by atoms with Gasteiger partial charge in [-0.05, 0) is 41.4 Å². The second-order valence-electron chi connectivity index (χ2n) is 4.55. The Hall–Kier alpha value is -1.83. The van der Waals surface area contributed by atoms with E-state index in [4.69, 9.17) is 5.26 Å². The second-order valence-corrected chi connectivity index (χ2v) is 5.33. The van der Waals surface area contributed by atoms with E-state index >= 15 is 0 Å². The van der Waals surface area contributed by atoms with Gasteiger partial charge in [-0.2, -0.15) is 16.6 Å². The van der Waals surface area contributed by atoms with Crippen molar-refractivity contribution in [2.75, 3.05) is 11.9 Å². The van der Waals surface area contributed by atoms with Gasteiger partial charge in [-0.1, -0.05) is 6.07 Å². The van der Waals surface area contributed by atoms with Crippen LogP contribution in [0.4, 0.5) is 5.69 Å². The normalized spacial score (nSPS) is 11.9. The van der Waals surface area contributed by atoms with Crippen LogP contribution < -0.4 is 4.90 Å². The van der Waals surface area contributed by atoms with Crippen LogP contribution in [0.1, 0.15) is 29.7 Å². The van der Waals surface area contributed by atoms with Crippen molar-refractivity contribution in [2.45, 2.75) is 19.6 Å². The van der Waals surface area contributed by atoms with E-state index in [1.165, 1.54) is 5.56 Å². The van der Waals surface area contributed by atoms with Crippen molar-refractivity contribution >= 4 is 17.0 Å². The molecule has 0 bridgehead atoms. The standard InChI is InChI=1S/C15H16N2OS/c1-11(18)14-4-3-12(8-16)7-15(14)17(2)9-13-5-6-19-10-13/h3-7,10-11,18H,9H2,1-2H3. The quantitative estimate of drug-likeness (QED) is 0.929. The molecule has 1 N–H and O–H groups in total. The van der Waals surface area contributed by atoms with E-state index in [-0.39, 0.29) is 0 Å². The topological polar surface area (TPSA) is 47.3 Å². The Morgan fingerprint density at radius 2 is 2.21 bits per heavy atom. The largest absolute Gasteiger partial charge is 0.389 e. The molecule has 1 aromatic carbocycles. The van der Waals surface area contributed by atoms with Gasteiger partial charge in [0.15, 0.2) is 0 Å². The Morgan fingerprint density at radius 1 is 1.42 bits per heavy atom. The maximum absolute atomic E-state index is 9.84. The summed E-state index contributed by atoms with van der Waals surface area (Å²) in [4.78, 5) is 2.06. The summed E-state index contributed by atoms with van der Waals surface area (Å²) in [6.45, 7) is 2.50. The second kappa shape index (κ2) is 5.87. The molecule has 1 heterocycles. The fourth-order valence-corrected chi connectivity index (χ4v) is 2.70. The zero-order valence-electron chi connectivity index (χ0n) is 11.0. The minimum Gasteiger partial charge on any atom is -0.389 e. The highest BCUT2D eigenvalue weighted by molar-refractivity contribution is 7.07. The molecular weight excluding hydrogens is 256 g/mol. The van der Waals surface area contributed by atoms with Gasteiger partial charge in [0.25, 0.3) is 0 Å². The van der Waals surface area contributed by atoms with Crippen LogP contribution in [0.3, 0.4) is 0 Å². The third kappa shape index (κ3) is 3.14. The summed E-state index contributed by atoms with van der Waals surface area (Å²) in [5.41, 5.74) is 3.58. The number of anilines is 1. The first-order valence-electron chi connectivity index (χ1n) is 6.06. The van der Waals surface area contributed by atoms with Gasteiger partial charge in [-0.3, -0.25) is 0 Å². The van der Waals surface area contributed by atoms with Gasteiger partial charge in [0.2, 0.25) is 0 Å². The monoisotopic (exact) mass is 272 g/mol. The molecule has 98 valence electrons. The molecule has 0 saturated heterocycles. The molecule has 2 aromatic rings. The molecule has 0 fully saturated rings. The van der Waals surface area contributed by atoms with Crippen LogP contribution in [0.15, 0.2) is 35.0 Å². The number of aliphatic hydroxyl groups excluding tert-OH is 1. The third-order valence-electron chi connectivity index (χ3n) is 3.02. The van der Waals surface area contributed by atoms with E-state index in [1.807, 2.05) is 24.6 Å². The Balaban J connectivity index is 2.33. The average Bonchev–Trinajstić information content (AvgIpc) is 2.90. The minimum absolute atomic E-state index is 0.548. The summed E-state index contributed by atoms with van der Waals surface area (Å²) in [6.07, 6.45) is -0.548. The Morgan fingerprint density at radius 3 is 2.79 bits per heavy atom. The average molecular weight is 272 g/mol. The summed E-state index contributed by atoms with van der Waals surface area (Å²) in [6, 6.07) is 9.61. The maximum atomic E-state index is 9.84. The van der Waals surface area contributed by atoms with Crippen LogP contribution >= 0.6 is 11.3 Å². The van der Waals surface area contributed by atoms with Gasteiger partial charge in [0.1, 0.15) is 0 Å². The molecule has 1 unspecified atom stereocenters. The SMILES string of the molecule is CC(O)c1ccc(C#N)cc1N(C)Cc1ccsc1. The van der Waals surface area contributed by atoms with Gasteiger partial charge in [-0.15, -0.1) is 0 Å². The van der Waals surface area contributed by atoms with Gasteiger partial charge in [0, 0.05) is 24.8 Å². The third-order valence-corrected chi connectivity index (χ3v) is 3.75. The number of thiophene rings is 1. The molecule has 1 atom stereocenters. The van der Waals surface area contributed by atoms with Crippen molar-refractivity contribution in [2.24, 2.45) is 0 Å². The molecule has 0 radical (unpaired) electrons. The van der Waals surface area contributed by atoms with Crippen molar-refractivity contribution < 1.29 is 5.11 Å². The van der Waals surface area contributed by atoms with Crippen molar-refractivity contribution in [3.8, 4) is 6.07 Å². The lowest BCUT2D eigenvalue weighted by molar-refractivity contribution is 0.199. The number of benzene rings is 1. The number of hydrogen-bond acceptors (Lipinski definition) is 4. The van der Waals surface area contributed by atoms with Crippen LogP contribution in [0.5, 0.6) is 0 Å². The van der Waals surface area contributed by atoms with E-state index in [0.717, 1.165) is 17.8 Å². The molecule has 0 amide bonds. The Kier molecular flexibility index (Phi) is 4.20. The minimum atomic E-state index is -0.548. The molecule has 1 aromatic heterocycles. The van der Waals surface area contributed by atoms with Crippen molar-refractivity contribution in [3.05, 3.63) is 51.7 Å². The predicted octanol–water partition coefficient (Wildman–Crippen LogP) is 3.31. The zero-order valence-corrected chi connectivity index (χ0v) is 11.8. The summed E-state index contributed by atoms with van der Waals surface area (Å²) in [5, 5.41) is 23.0. The van der Waals surface area contributed by atoms with Gasteiger partial charge < -0.3 is 10.0 Å². The Labute approximate surface area is 117 Å².